The third kappa shape index (κ3) is 5.36. The zero-order chi connectivity index (χ0) is 11.8. The van der Waals surface area contributed by atoms with Gasteiger partial charge in [0.2, 0.25) is 0 Å². The molecule has 1 aliphatic carbocycles. The molecular formula is C14H28N2O. The zero-order valence-electron chi connectivity index (χ0n) is 11.0. The summed E-state index contributed by atoms with van der Waals surface area (Å²) in [6.45, 7) is 5.50. The van der Waals surface area contributed by atoms with Gasteiger partial charge < -0.3 is 15.4 Å². The molecule has 0 amide bonds. The van der Waals surface area contributed by atoms with Gasteiger partial charge >= 0.3 is 0 Å². The van der Waals surface area contributed by atoms with Gasteiger partial charge in [0.25, 0.3) is 0 Å². The Bertz CT molecular complexity index is 167. The first-order chi connectivity index (χ1) is 8.45. The number of nitrogens with one attached hydrogen (secondary N) is 2. The molecule has 0 aromatic carbocycles. The summed E-state index contributed by atoms with van der Waals surface area (Å²) in [5.41, 5.74) is 0. The minimum atomic E-state index is 0.560. The fourth-order valence-corrected chi connectivity index (χ4v) is 2.92. The maximum atomic E-state index is 5.90. The maximum Gasteiger partial charge on any atom is 0.0594 e. The molecule has 2 fully saturated rings. The molecule has 0 aromatic rings. The van der Waals surface area contributed by atoms with Crippen LogP contribution in [0.4, 0.5) is 0 Å². The highest BCUT2D eigenvalue weighted by molar-refractivity contribution is 4.70. The summed E-state index contributed by atoms with van der Waals surface area (Å²) in [5.74, 6) is 0.880. The quantitative estimate of drug-likeness (QED) is 0.696. The summed E-state index contributed by atoms with van der Waals surface area (Å²) in [7, 11) is 0. The smallest absolute Gasteiger partial charge is 0.0594 e. The summed E-state index contributed by atoms with van der Waals surface area (Å²) in [6, 6.07) is 0. The van der Waals surface area contributed by atoms with Crippen LogP contribution < -0.4 is 10.6 Å². The van der Waals surface area contributed by atoms with Crippen LogP contribution in [0, 0.1) is 5.92 Å². The van der Waals surface area contributed by atoms with E-state index in [2.05, 4.69) is 10.6 Å². The van der Waals surface area contributed by atoms with E-state index in [9.17, 15) is 0 Å². The first-order valence-electron chi connectivity index (χ1n) is 7.48. The van der Waals surface area contributed by atoms with Gasteiger partial charge in [-0.3, -0.25) is 0 Å². The zero-order valence-corrected chi connectivity index (χ0v) is 11.0. The molecule has 2 rings (SSSR count). The third-order valence-electron chi connectivity index (χ3n) is 4.08. The Balaban J connectivity index is 1.42. The van der Waals surface area contributed by atoms with E-state index >= 15 is 0 Å². The number of hydrogen-bond donors (Lipinski definition) is 2. The first kappa shape index (κ1) is 13.3. The van der Waals surface area contributed by atoms with Crippen LogP contribution in [0.15, 0.2) is 0 Å². The molecule has 0 spiro atoms. The van der Waals surface area contributed by atoms with E-state index in [-0.39, 0.29) is 0 Å². The number of rotatable bonds is 6. The Kier molecular flexibility index (Phi) is 6.32. The second-order valence-corrected chi connectivity index (χ2v) is 5.53. The summed E-state index contributed by atoms with van der Waals surface area (Å²) in [5, 5.41) is 6.95. The van der Waals surface area contributed by atoms with Crippen LogP contribution in [-0.4, -0.2) is 38.9 Å². The molecule has 17 heavy (non-hydrogen) atoms. The van der Waals surface area contributed by atoms with E-state index in [0.717, 1.165) is 19.1 Å². The van der Waals surface area contributed by atoms with Gasteiger partial charge in [-0.2, -0.15) is 0 Å². The minimum absolute atomic E-state index is 0.560. The van der Waals surface area contributed by atoms with Crippen LogP contribution in [0.25, 0.3) is 0 Å². The van der Waals surface area contributed by atoms with Gasteiger partial charge in [0, 0.05) is 6.54 Å². The lowest BCUT2D eigenvalue weighted by atomic mass is 9.98. The first-order valence-corrected chi connectivity index (χ1v) is 7.48. The van der Waals surface area contributed by atoms with Crippen molar-refractivity contribution in [3.63, 3.8) is 0 Å². The van der Waals surface area contributed by atoms with Crippen molar-refractivity contribution in [1.29, 1.82) is 0 Å². The molecule has 1 aliphatic heterocycles. The van der Waals surface area contributed by atoms with Crippen LogP contribution in [0.5, 0.6) is 0 Å². The predicted molar refractivity (Wildman–Crippen MR) is 71.3 cm³/mol. The molecule has 1 saturated carbocycles. The Morgan fingerprint density at radius 1 is 1.00 bits per heavy atom. The molecule has 100 valence electrons. The van der Waals surface area contributed by atoms with E-state index in [0.29, 0.717) is 6.10 Å². The number of piperidine rings is 1. The van der Waals surface area contributed by atoms with Crippen molar-refractivity contribution in [2.24, 2.45) is 5.92 Å². The molecule has 0 unspecified atom stereocenters. The van der Waals surface area contributed by atoms with E-state index in [1.54, 1.807) is 0 Å². The van der Waals surface area contributed by atoms with Crippen LogP contribution >= 0.6 is 0 Å². The van der Waals surface area contributed by atoms with Crippen molar-refractivity contribution in [3.8, 4) is 0 Å². The highest BCUT2D eigenvalue weighted by atomic mass is 16.5. The average Bonchev–Trinajstić information content (AvgIpc) is 2.41. The van der Waals surface area contributed by atoms with Crippen molar-refractivity contribution < 1.29 is 4.74 Å². The fourth-order valence-electron chi connectivity index (χ4n) is 2.92. The van der Waals surface area contributed by atoms with Crippen molar-refractivity contribution in [3.05, 3.63) is 0 Å². The Morgan fingerprint density at radius 3 is 2.53 bits per heavy atom. The summed E-state index contributed by atoms with van der Waals surface area (Å²) in [6.07, 6.45) is 9.94. The van der Waals surface area contributed by atoms with Crippen molar-refractivity contribution >= 4 is 0 Å². The van der Waals surface area contributed by atoms with Crippen molar-refractivity contribution in [2.45, 2.75) is 51.0 Å². The van der Waals surface area contributed by atoms with Crippen LogP contribution in [0.2, 0.25) is 0 Å². The summed E-state index contributed by atoms with van der Waals surface area (Å²) >= 11 is 0. The largest absolute Gasteiger partial charge is 0.377 e. The second-order valence-electron chi connectivity index (χ2n) is 5.53. The fraction of sp³-hybridized carbons (Fsp3) is 1.00. The van der Waals surface area contributed by atoms with Gasteiger partial charge in [0.15, 0.2) is 0 Å². The molecule has 3 heteroatoms. The molecule has 2 aliphatic rings. The maximum absolute atomic E-state index is 5.90. The molecule has 0 aromatic heterocycles. The number of hydrogen-bond acceptors (Lipinski definition) is 3. The lowest BCUT2D eigenvalue weighted by Gasteiger charge is -2.24. The Hall–Kier alpha value is -0.120. The van der Waals surface area contributed by atoms with Crippen LogP contribution in [0.1, 0.15) is 44.9 Å². The average molecular weight is 240 g/mol. The van der Waals surface area contributed by atoms with E-state index < -0.39 is 0 Å². The third-order valence-corrected chi connectivity index (χ3v) is 4.08. The highest BCUT2D eigenvalue weighted by Crippen LogP contribution is 2.19. The molecule has 0 bridgehead atoms. The summed E-state index contributed by atoms with van der Waals surface area (Å²) in [4.78, 5) is 0. The molecule has 2 N–H and O–H groups in total. The SMILES string of the molecule is C1CCC(OCCNCC2CCNCC2)CC1. The molecule has 1 heterocycles. The normalized spacial score (nSPS) is 24.0. The standard InChI is InChI=1S/C14H28N2O/c1-2-4-14(5-3-1)17-11-10-16-12-13-6-8-15-9-7-13/h13-16H,1-12H2. The molecule has 0 atom stereocenters. The molecule has 0 radical (unpaired) electrons. The van der Waals surface area contributed by atoms with Crippen LogP contribution in [-0.2, 0) is 4.74 Å². The Morgan fingerprint density at radius 2 is 1.76 bits per heavy atom. The summed E-state index contributed by atoms with van der Waals surface area (Å²) < 4.78 is 5.90. The molecule has 1 saturated heterocycles. The monoisotopic (exact) mass is 240 g/mol. The predicted octanol–water partition coefficient (Wildman–Crippen LogP) is 1.92. The van der Waals surface area contributed by atoms with E-state index in [1.165, 1.54) is 64.6 Å². The lowest BCUT2D eigenvalue weighted by molar-refractivity contribution is 0.0299. The number of ether oxygens (including phenoxy) is 1. The second kappa shape index (κ2) is 8.06. The van der Waals surface area contributed by atoms with Gasteiger partial charge in [-0.15, -0.1) is 0 Å². The molecule has 3 nitrogen and oxygen atoms in total. The lowest BCUT2D eigenvalue weighted by Crippen LogP contribution is -2.35. The van der Waals surface area contributed by atoms with Gasteiger partial charge in [0.1, 0.15) is 0 Å². The van der Waals surface area contributed by atoms with Gasteiger partial charge in [-0.05, 0) is 51.2 Å². The topological polar surface area (TPSA) is 33.3 Å². The van der Waals surface area contributed by atoms with Crippen LogP contribution in [0.3, 0.4) is 0 Å². The highest BCUT2D eigenvalue weighted by Gasteiger charge is 2.14. The van der Waals surface area contributed by atoms with Gasteiger partial charge in [-0.1, -0.05) is 19.3 Å². The van der Waals surface area contributed by atoms with Gasteiger partial charge in [0.05, 0.1) is 12.7 Å². The Labute approximate surface area is 106 Å². The van der Waals surface area contributed by atoms with E-state index in [4.69, 9.17) is 4.74 Å². The van der Waals surface area contributed by atoms with E-state index in [1.807, 2.05) is 0 Å². The molecular weight excluding hydrogens is 212 g/mol. The van der Waals surface area contributed by atoms with Crippen molar-refractivity contribution in [2.75, 3.05) is 32.8 Å². The van der Waals surface area contributed by atoms with Crippen molar-refractivity contribution in [1.82, 2.24) is 10.6 Å². The van der Waals surface area contributed by atoms with Gasteiger partial charge in [-0.25, -0.2) is 0 Å². The minimum Gasteiger partial charge on any atom is -0.377 e.